The minimum absolute atomic E-state index is 0.0146. The summed E-state index contributed by atoms with van der Waals surface area (Å²) in [5, 5.41) is 12.5. The van der Waals surface area contributed by atoms with Crippen LogP contribution in [0.5, 0.6) is 0 Å². The molecule has 1 amide bonds. The van der Waals surface area contributed by atoms with Crippen molar-refractivity contribution in [2.45, 2.75) is 37.1 Å². The van der Waals surface area contributed by atoms with E-state index < -0.39 is 11.5 Å². The van der Waals surface area contributed by atoms with Gasteiger partial charge in [-0.2, -0.15) is 0 Å². The number of rotatable bonds is 7. The second-order valence-electron chi connectivity index (χ2n) is 7.05. The minimum Gasteiger partial charge on any atom is -0.480 e. The van der Waals surface area contributed by atoms with Gasteiger partial charge in [0.25, 0.3) is 0 Å². The number of carbonyl (C=O) groups excluding carboxylic acids is 1. The molecular formula is C22H25NO4. The van der Waals surface area contributed by atoms with Crippen molar-refractivity contribution in [3.05, 3.63) is 71.8 Å². The number of ether oxygens (including phenoxy) is 1. The number of carboxylic acids is 1. The van der Waals surface area contributed by atoms with Crippen LogP contribution in [0.15, 0.2) is 60.7 Å². The Morgan fingerprint density at radius 2 is 1.59 bits per heavy atom. The topological polar surface area (TPSA) is 75.6 Å². The van der Waals surface area contributed by atoms with Gasteiger partial charge in [-0.1, -0.05) is 60.7 Å². The fraction of sp³-hybridized carbons (Fsp3) is 0.364. The summed E-state index contributed by atoms with van der Waals surface area (Å²) in [7, 11) is 0. The molecule has 5 heteroatoms. The second-order valence-corrected chi connectivity index (χ2v) is 7.05. The summed E-state index contributed by atoms with van der Waals surface area (Å²) in [6, 6.07) is 19.9. The van der Waals surface area contributed by atoms with Crippen molar-refractivity contribution >= 4 is 11.9 Å². The van der Waals surface area contributed by atoms with E-state index in [4.69, 9.17) is 4.74 Å². The second kappa shape index (κ2) is 8.82. The van der Waals surface area contributed by atoms with Crippen molar-refractivity contribution in [2.24, 2.45) is 0 Å². The molecule has 0 aliphatic carbocycles. The maximum Gasteiger partial charge on any atom is 0.329 e. The van der Waals surface area contributed by atoms with Crippen LogP contribution < -0.4 is 5.32 Å². The van der Waals surface area contributed by atoms with Gasteiger partial charge in [0.15, 0.2) is 0 Å². The van der Waals surface area contributed by atoms with Crippen LogP contribution in [0, 0.1) is 0 Å². The molecule has 1 heterocycles. The summed E-state index contributed by atoms with van der Waals surface area (Å²) in [4.78, 5) is 24.6. The summed E-state index contributed by atoms with van der Waals surface area (Å²) in [6.07, 6.45) is 1.56. The van der Waals surface area contributed by atoms with E-state index in [1.807, 2.05) is 60.7 Å². The average Bonchev–Trinajstić information content (AvgIpc) is 2.69. The molecule has 27 heavy (non-hydrogen) atoms. The number of hydrogen-bond acceptors (Lipinski definition) is 3. The Balaban J connectivity index is 1.75. The largest absolute Gasteiger partial charge is 0.480 e. The maximum atomic E-state index is 12.8. The van der Waals surface area contributed by atoms with E-state index in [1.165, 1.54) is 0 Å². The molecule has 1 fully saturated rings. The highest BCUT2D eigenvalue weighted by Gasteiger charge is 2.41. The van der Waals surface area contributed by atoms with Gasteiger partial charge in [0, 0.05) is 32.5 Å². The first-order valence-corrected chi connectivity index (χ1v) is 9.30. The molecule has 0 saturated carbocycles. The van der Waals surface area contributed by atoms with E-state index in [-0.39, 0.29) is 18.2 Å². The third kappa shape index (κ3) is 4.95. The summed E-state index contributed by atoms with van der Waals surface area (Å²) in [5.41, 5.74) is 1.01. The van der Waals surface area contributed by atoms with Crippen molar-refractivity contribution < 1.29 is 19.4 Å². The number of carbonyl (C=O) groups is 2. The Hall–Kier alpha value is -2.66. The van der Waals surface area contributed by atoms with Gasteiger partial charge in [-0.3, -0.25) is 4.79 Å². The van der Waals surface area contributed by atoms with Gasteiger partial charge in [-0.25, -0.2) is 4.79 Å². The smallest absolute Gasteiger partial charge is 0.329 e. The Bertz CT molecular complexity index is 754. The van der Waals surface area contributed by atoms with Gasteiger partial charge in [-0.05, 0) is 23.5 Å². The molecule has 0 bridgehead atoms. The predicted octanol–water partition coefficient (Wildman–Crippen LogP) is 3.15. The average molecular weight is 367 g/mol. The normalized spacial score (nSPS) is 17.0. The summed E-state index contributed by atoms with van der Waals surface area (Å²) in [6.45, 7) is 0.692. The van der Waals surface area contributed by atoms with Gasteiger partial charge in [-0.15, -0.1) is 0 Å². The van der Waals surface area contributed by atoms with E-state index >= 15 is 0 Å². The molecule has 0 radical (unpaired) electrons. The van der Waals surface area contributed by atoms with Gasteiger partial charge in [0.05, 0.1) is 0 Å². The van der Waals surface area contributed by atoms with Gasteiger partial charge >= 0.3 is 5.97 Å². The van der Waals surface area contributed by atoms with Crippen LogP contribution in [0.4, 0.5) is 0 Å². The third-order valence-electron chi connectivity index (χ3n) is 5.16. The zero-order valence-electron chi connectivity index (χ0n) is 15.3. The lowest BCUT2D eigenvalue weighted by atomic mass is 9.87. The lowest BCUT2D eigenvalue weighted by Gasteiger charge is -2.34. The van der Waals surface area contributed by atoms with Crippen molar-refractivity contribution in [1.29, 1.82) is 0 Å². The lowest BCUT2D eigenvalue weighted by Crippen LogP contribution is -2.57. The van der Waals surface area contributed by atoms with Crippen LogP contribution in [0.2, 0.25) is 0 Å². The van der Waals surface area contributed by atoms with Crippen LogP contribution in [0.3, 0.4) is 0 Å². The zero-order valence-corrected chi connectivity index (χ0v) is 15.3. The lowest BCUT2D eigenvalue weighted by molar-refractivity contribution is -0.152. The fourth-order valence-corrected chi connectivity index (χ4v) is 3.59. The number of hydrogen-bond donors (Lipinski definition) is 2. The zero-order chi connectivity index (χ0) is 19.1. The quantitative estimate of drug-likeness (QED) is 0.788. The van der Waals surface area contributed by atoms with Crippen LogP contribution in [-0.2, 0) is 20.7 Å². The van der Waals surface area contributed by atoms with Crippen LogP contribution in [0.1, 0.15) is 36.3 Å². The molecule has 2 aromatic rings. The summed E-state index contributed by atoms with van der Waals surface area (Å²) in [5.74, 6) is -1.23. The Kier molecular flexibility index (Phi) is 6.24. The molecule has 0 aromatic heterocycles. The number of carboxylic acid groups (broad SMARTS) is 1. The van der Waals surface area contributed by atoms with Crippen molar-refractivity contribution in [3.63, 3.8) is 0 Å². The van der Waals surface area contributed by atoms with Crippen molar-refractivity contribution in [3.8, 4) is 0 Å². The Morgan fingerprint density at radius 1 is 1.00 bits per heavy atom. The van der Waals surface area contributed by atoms with Crippen LogP contribution in [-0.4, -0.2) is 35.7 Å². The van der Waals surface area contributed by atoms with E-state index in [0.717, 1.165) is 17.5 Å². The highest BCUT2D eigenvalue weighted by Crippen LogP contribution is 2.26. The minimum atomic E-state index is -1.22. The maximum absolute atomic E-state index is 12.8. The fourth-order valence-electron chi connectivity index (χ4n) is 3.59. The highest BCUT2D eigenvalue weighted by atomic mass is 16.5. The monoisotopic (exact) mass is 367 g/mol. The van der Waals surface area contributed by atoms with E-state index in [1.54, 1.807) is 0 Å². The first-order chi connectivity index (χ1) is 13.1. The molecule has 1 aliphatic rings. The predicted molar refractivity (Wildman–Crippen MR) is 103 cm³/mol. The molecule has 1 saturated heterocycles. The molecule has 2 N–H and O–H groups in total. The van der Waals surface area contributed by atoms with Gasteiger partial charge in [0.1, 0.15) is 5.54 Å². The molecule has 3 rings (SSSR count). The van der Waals surface area contributed by atoms with E-state index in [2.05, 4.69) is 5.32 Å². The molecule has 1 atom stereocenters. The van der Waals surface area contributed by atoms with Gasteiger partial charge < -0.3 is 15.2 Å². The third-order valence-corrected chi connectivity index (χ3v) is 5.16. The SMILES string of the molecule is O=C(CC(Cc1ccccc1)c1ccccc1)NC1(C(=O)O)CCOCC1. The van der Waals surface area contributed by atoms with Crippen molar-refractivity contribution in [2.75, 3.05) is 13.2 Å². The summed E-state index contributed by atoms with van der Waals surface area (Å²) < 4.78 is 5.27. The Labute approximate surface area is 159 Å². The summed E-state index contributed by atoms with van der Waals surface area (Å²) >= 11 is 0. The molecule has 142 valence electrons. The van der Waals surface area contributed by atoms with Crippen molar-refractivity contribution in [1.82, 2.24) is 5.32 Å². The van der Waals surface area contributed by atoms with E-state index in [0.29, 0.717) is 26.1 Å². The first kappa shape index (κ1) is 19.1. The number of amides is 1. The van der Waals surface area contributed by atoms with Gasteiger partial charge in [0.2, 0.25) is 5.91 Å². The molecular weight excluding hydrogens is 342 g/mol. The molecule has 5 nitrogen and oxygen atoms in total. The molecule has 2 aromatic carbocycles. The number of nitrogens with one attached hydrogen (secondary N) is 1. The standard InChI is InChI=1S/C22H25NO4/c24-20(23-22(21(25)26)11-13-27-14-12-22)16-19(18-9-5-2-6-10-18)15-17-7-3-1-4-8-17/h1-10,19H,11-16H2,(H,23,24)(H,25,26). The molecule has 0 spiro atoms. The Morgan fingerprint density at radius 3 is 2.19 bits per heavy atom. The first-order valence-electron chi connectivity index (χ1n) is 9.30. The van der Waals surface area contributed by atoms with Crippen LogP contribution in [0.25, 0.3) is 0 Å². The molecule has 1 unspecified atom stereocenters. The number of aliphatic carboxylic acids is 1. The number of benzene rings is 2. The van der Waals surface area contributed by atoms with Crippen LogP contribution >= 0.6 is 0 Å². The highest BCUT2D eigenvalue weighted by molar-refractivity contribution is 5.87. The van der Waals surface area contributed by atoms with E-state index in [9.17, 15) is 14.7 Å². The molecule has 1 aliphatic heterocycles.